The van der Waals surface area contributed by atoms with Crippen LogP contribution in [-0.4, -0.2) is 10.5 Å². The van der Waals surface area contributed by atoms with Gasteiger partial charge in [-0.1, -0.05) is 17.7 Å². The maximum atomic E-state index is 10.9. The molecule has 0 radical (unpaired) electrons. The normalized spacial score (nSPS) is 17.9. The van der Waals surface area contributed by atoms with Crippen LogP contribution in [0, 0.1) is 10.1 Å². The molecule has 1 fully saturated rings. The topological polar surface area (TPSA) is 69.2 Å². The number of benzene rings is 1. The van der Waals surface area contributed by atoms with Gasteiger partial charge in [-0.15, -0.1) is 0 Å². The predicted octanol–water partition coefficient (Wildman–Crippen LogP) is 2.67. The molecule has 0 bridgehead atoms. The average molecular weight is 241 g/mol. The molecule has 86 valence electrons. The summed E-state index contributed by atoms with van der Waals surface area (Å²) in [5.74, 6) is 0. The van der Waals surface area contributed by atoms with Gasteiger partial charge in [0, 0.05) is 11.6 Å². The number of nitro benzene ring substituents is 1. The number of nitrogens with zero attached hydrogens (tertiary/aromatic N) is 1. The van der Waals surface area contributed by atoms with E-state index in [1.807, 2.05) is 0 Å². The van der Waals surface area contributed by atoms with Crippen LogP contribution in [0.25, 0.3) is 0 Å². The molecular weight excluding hydrogens is 228 g/mol. The molecule has 4 nitrogen and oxygen atoms in total. The van der Waals surface area contributed by atoms with Crippen molar-refractivity contribution < 1.29 is 4.92 Å². The Balaban J connectivity index is 2.34. The zero-order valence-corrected chi connectivity index (χ0v) is 9.54. The second-order valence-electron chi connectivity index (χ2n) is 4.39. The second-order valence-corrected chi connectivity index (χ2v) is 4.79. The lowest BCUT2D eigenvalue weighted by Gasteiger charge is -2.38. The molecule has 1 aliphatic rings. The Bertz CT molecular complexity index is 430. The van der Waals surface area contributed by atoms with Crippen molar-refractivity contribution in [3.8, 4) is 0 Å². The molecule has 16 heavy (non-hydrogen) atoms. The van der Waals surface area contributed by atoms with E-state index in [0.29, 0.717) is 17.0 Å². The monoisotopic (exact) mass is 240 g/mol. The molecule has 1 aromatic rings. The van der Waals surface area contributed by atoms with Crippen molar-refractivity contribution in [3.63, 3.8) is 0 Å². The Morgan fingerprint density at radius 2 is 2.19 bits per heavy atom. The lowest BCUT2D eigenvalue weighted by atomic mass is 9.73. The summed E-state index contributed by atoms with van der Waals surface area (Å²) in [6, 6.07) is 4.74. The van der Waals surface area contributed by atoms with Crippen molar-refractivity contribution in [1.82, 2.24) is 0 Å². The first-order valence-electron chi connectivity index (χ1n) is 5.22. The van der Waals surface area contributed by atoms with Gasteiger partial charge in [0.25, 0.3) is 5.69 Å². The van der Waals surface area contributed by atoms with Gasteiger partial charge in [-0.25, -0.2) is 0 Å². The van der Waals surface area contributed by atoms with E-state index in [9.17, 15) is 10.1 Å². The van der Waals surface area contributed by atoms with Crippen LogP contribution in [0.2, 0.25) is 5.02 Å². The summed E-state index contributed by atoms with van der Waals surface area (Å²) in [4.78, 5) is 10.5. The van der Waals surface area contributed by atoms with E-state index in [4.69, 9.17) is 17.3 Å². The Morgan fingerprint density at radius 1 is 1.50 bits per heavy atom. The van der Waals surface area contributed by atoms with Crippen molar-refractivity contribution in [2.45, 2.75) is 31.2 Å². The molecule has 0 saturated heterocycles. The summed E-state index contributed by atoms with van der Waals surface area (Å²) in [6.07, 6.45) is 3.41. The molecule has 0 spiro atoms. The average Bonchev–Trinajstić information content (AvgIpc) is 2.18. The Kier molecular flexibility index (Phi) is 2.86. The first kappa shape index (κ1) is 11.4. The van der Waals surface area contributed by atoms with Gasteiger partial charge in [0.15, 0.2) is 0 Å². The van der Waals surface area contributed by atoms with Crippen molar-refractivity contribution in [1.29, 1.82) is 0 Å². The third-order valence-electron chi connectivity index (χ3n) is 3.17. The number of nitro groups is 1. The molecule has 0 amide bonds. The van der Waals surface area contributed by atoms with Crippen LogP contribution in [-0.2, 0) is 6.42 Å². The van der Waals surface area contributed by atoms with Gasteiger partial charge < -0.3 is 5.73 Å². The first-order chi connectivity index (χ1) is 7.52. The summed E-state index contributed by atoms with van der Waals surface area (Å²) < 4.78 is 0. The maximum absolute atomic E-state index is 10.9. The van der Waals surface area contributed by atoms with Gasteiger partial charge in [0.2, 0.25) is 0 Å². The molecule has 2 rings (SSSR count). The van der Waals surface area contributed by atoms with Crippen molar-refractivity contribution in [3.05, 3.63) is 38.9 Å². The Labute approximate surface area is 98.5 Å². The van der Waals surface area contributed by atoms with E-state index in [0.717, 1.165) is 19.3 Å². The summed E-state index contributed by atoms with van der Waals surface area (Å²) in [5, 5.41) is 11.3. The molecule has 0 unspecified atom stereocenters. The van der Waals surface area contributed by atoms with Crippen LogP contribution in [0.4, 0.5) is 5.69 Å². The van der Waals surface area contributed by atoms with E-state index in [1.54, 1.807) is 12.1 Å². The summed E-state index contributed by atoms with van der Waals surface area (Å²) in [6.45, 7) is 0. The quantitative estimate of drug-likeness (QED) is 0.652. The SMILES string of the molecule is NC1(Cc2c(Cl)cccc2[N+](=O)[O-])CCC1. The van der Waals surface area contributed by atoms with Crippen molar-refractivity contribution >= 4 is 17.3 Å². The largest absolute Gasteiger partial charge is 0.325 e. The van der Waals surface area contributed by atoms with Gasteiger partial charge in [0.1, 0.15) is 0 Å². The van der Waals surface area contributed by atoms with Crippen LogP contribution in [0.1, 0.15) is 24.8 Å². The highest BCUT2D eigenvalue weighted by Crippen LogP contribution is 2.37. The molecule has 0 atom stereocenters. The summed E-state index contributed by atoms with van der Waals surface area (Å²) in [5.41, 5.74) is 6.44. The van der Waals surface area contributed by atoms with Crippen molar-refractivity contribution in [2.75, 3.05) is 0 Å². The smallest absolute Gasteiger partial charge is 0.274 e. The third kappa shape index (κ3) is 2.03. The fourth-order valence-corrected chi connectivity index (χ4v) is 2.29. The zero-order chi connectivity index (χ0) is 11.8. The van der Waals surface area contributed by atoms with E-state index >= 15 is 0 Å². The summed E-state index contributed by atoms with van der Waals surface area (Å²) >= 11 is 6.00. The minimum Gasteiger partial charge on any atom is -0.325 e. The third-order valence-corrected chi connectivity index (χ3v) is 3.52. The number of halogens is 1. The van der Waals surface area contributed by atoms with Gasteiger partial charge in [0.05, 0.1) is 15.5 Å². The van der Waals surface area contributed by atoms with Crippen LogP contribution in [0.5, 0.6) is 0 Å². The molecular formula is C11H13ClN2O2. The number of nitrogens with two attached hydrogens (primary N) is 1. The standard InChI is InChI=1S/C11H13ClN2O2/c12-9-3-1-4-10(14(15)16)8(9)7-11(13)5-2-6-11/h1,3-4H,2,5-7,13H2. The van der Waals surface area contributed by atoms with E-state index in [2.05, 4.69) is 0 Å². The highest BCUT2D eigenvalue weighted by atomic mass is 35.5. The molecule has 5 heteroatoms. The molecule has 0 heterocycles. The minimum atomic E-state index is -0.400. The lowest BCUT2D eigenvalue weighted by molar-refractivity contribution is -0.385. The predicted molar refractivity (Wildman–Crippen MR) is 62.6 cm³/mol. The van der Waals surface area contributed by atoms with Crippen molar-refractivity contribution in [2.24, 2.45) is 5.73 Å². The van der Waals surface area contributed by atoms with Crippen LogP contribution in [0.3, 0.4) is 0 Å². The molecule has 0 aromatic heterocycles. The number of hydrogen-bond acceptors (Lipinski definition) is 3. The number of hydrogen-bond donors (Lipinski definition) is 1. The van der Waals surface area contributed by atoms with E-state index in [1.165, 1.54) is 6.07 Å². The van der Waals surface area contributed by atoms with E-state index in [-0.39, 0.29) is 11.2 Å². The fraction of sp³-hybridized carbons (Fsp3) is 0.455. The van der Waals surface area contributed by atoms with Gasteiger partial charge in [-0.2, -0.15) is 0 Å². The summed E-state index contributed by atoms with van der Waals surface area (Å²) in [7, 11) is 0. The zero-order valence-electron chi connectivity index (χ0n) is 8.78. The molecule has 2 N–H and O–H groups in total. The van der Waals surface area contributed by atoms with Crippen LogP contribution < -0.4 is 5.73 Å². The second kappa shape index (κ2) is 4.03. The molecule has 0 aliphatic heterocycles. The molecule has 1 saturated carbocycles. The lowest BCUT2D eigenvalue weighted by Crippen LogP contribution is -2.48. The maximum Gasteiger partial charge on any atom is 0.274 e. The molecule has 1 aromatic carbocycles. The van der Waals surface area contributed by atoms with E-state index < -0.39 is 4.92 Å². The minimum absolute atomic E-state index is 0.0734. The highest BCUT2D eigenvalue weighted by Gasteiger charge is 2.35. The molecule has 1 aliphatic carbocycles. The van der Waals surface area contributed by atoms with Gasteiger partial charge in [-0.3, -0.25) is 10.1 Å². The van der Waals surface area contributed by atoms with Gasteiger partial charge >= 0.3 is 0 Å². The van der Waals surface area contributed by atoms with Gasteiger partial charge in [-0.05, 0) is 31.7 Å². The Hall–Kier alpha value is -1.13. The number of rotatable bonds is 3. The highest BCUT2D eigenvalue weighted by molar-refractivity contribution is 6.31. The van der Waals surface area contributed by atoms with Crippen LogP contribution in [0.15, 0.2) is 18.2 Å². The fourth-order valence-electron chi connectivity index (χ4n) is 2.05. The van der Waals surface area contributed by atoms with Crippen LogP contribution >= 0.6 is 11.6 Å². The first-order valence-corrected chi connectivity index (χ1v) is 5.60. The Morgan fingerprint density at radius 3 is 2.69 bits per heavy atom.